The van der Waals surface area contributed by atoms with E-state index in [9.17, 15) is 9.59 Å². The summed E-state index contributed by atoms with van der Waals surface area (Å²) >= 11 is 0. The molecule has 1 heterocycles. The number of hydrogen-bond acceptors (Lipinski definition) is 3. The van der Waals surface area contributed by atoms with E-state index in [1.165, 1.54) is 11.0 Å². The quantitative estimate of drug-likeness (QED) is 0.840. The summed E-state index contributed by atoms with van der Waals surface area (Å²) in [7, 11) is 1.60. The molecule has 0 spiro atoms. The Hall–Kier alpha value is -2.30. The number of carbonyl (C=O) groups excluding carboxylic acids is 1. The van der Waals surface area contributed by atoms with Gasteiger partial charge in [0.1, 0.15) is 5.75 Å². The maximum atomic E-state index is 11.9. The molecule has 1 atom stereocenters. The molecule has 1 unspecified atom stereocenters. The maximum absolute atomic E-state index is 11.9. The molecule has 1 aliphatic heterocycles. The predicted molar refractivity (Wildman–Crippen MR) is 79.1 cm³/mol. The molecule has 0 saturated carbocycles. The molecular weight excluding hydrogens is 270 g/mol. The lowest BCUT2D eigenvalue weighted by molar-refractivity contribution is -0.142. The fourth-order valence-electron chi connectivity index (χ4n) is 2.18. The van der Waals surface area contributed by atoms with E-state index in [1.54, 1.807) is 20.0 Å². The van der Waals surface area contributed by atoms with Gasteiger partial charge in [0.15, 0.2) is 0 Å². The van der Waals surface area contributed by atoms with Crippen LogP contribution in [0.2, 0.25) is 0 Å². The summed E-state index contributed by atoms with van der Waals surface area (Å²) < 4.78 is 5.43. The van der Waals surface area contributed by atoms with E-state index in [0.717, 1.165) is 23.3 Å². The fraction of sp³-hybridized carbons (Fsp3) is 0.375. The molecule has 0 fully saturated rings. The summed E-state index contributed by atoms with van der Waals surface area (Å²) in [6, 6.07) is 5.81. The summed E-state index contributed by atoms with van der Waals surface area (Å²) in [6.07, 6.45) is 4.09. The summed E-state index contributed by atoms with van der Waals surface area (Å²) in [5, 5.41) is 8.84. The lowest BCUT2D eigenvalue weighted by Gasteiger charge is -2.17. The van der Waals surface area contributed by atoms with Crippen LogP contribution in [0.1, 0.15) is 18.1 Å². The van der Waals surface area contributed by atoms with Gasteiger partial charge in [-0.15, -0.1) is 0 Å². The van der Waals surface area contributed by atoms with Crippen LogP contribution in [0.15, 0.2) is 24.3 Å². The molecule has 112 valence electrons. The van der Waals surface area contributed by atoms with Crippen LogP contribution < -0.4 is 4.74 Å². The van der Waals surface area contributed by atoms with E-state index in [0.29, 0.717) is 6.61 Å². The lowest BCUT2D eigenvalue weighted by atomic mass is 10.1. The van der Waals surface area contributed by atoms with Crippen LogP contribution in [0.5, 0.6) is 5.75 Å². The van der Waals surface area contributed by atoms with Crippen LogP contribution >= 0.6 is 0 Å². The third kappa shape index (κ3) is 3.84. The van der Waals surface area contributed by atoms with E-state index < -0.39 is 11.9 Å². The number of aliphatic carboxylic acids is 1. The van der Waals surface area contributed by atoms with Crippen molar-refractivity contribution in [3.63, 3.8) is 0 Å². The number of ether oxygens (including phenoxy) is 1. The minimum atomic E-state index is -0.905. The number of carboxylic acids is 1. The number of benzene rings is 1. The topological polar surface area (TPSA) is 66.8 Å². The van der Waals surface area contributed by atoms with Crippen LogP contribution in [0.4, 0.5) is 0 Å². The second-order valence-electron chi connectivity index (χ2n) is 5.26. The molecule has 1 aromatic rings. The van der Waals surface area contributed by atoms with Crippen molar-refractivity contribution in [3.8, 4) is 5.75 Å². The average Bonchev–Trinajstić information content (AvgIpc) is 2.91. The first kappa shape index (κ1) is 15.1. The zero-order chi connectivity index (χ0) is 15.4. The second kappa shape index (κ2) is 6.43. The number of carboxylic acid groups (broad SMARTS) is 1. The Labute approximate surface area is 123 Å². The number of nitrogens with zero attached hydrogens (tertiary/aromatic N) is 1. The van der Waals surface area contributed by atoms with Gasteiger partial charge in [-0.05, 0) is 29.3 Å². The third-order valence-electron chi connectivity index (χ3n) is 3.48. The number of hydrogen-bond donors (Lipinski definition) is 1. The Bertz CT molecular complexity index is 580. The van der Waals surface area contributed by atoms with Gasteiger partial charge in [0.05, 0.1) is 12.5 Å². The standard InChI is InChI=1S/C16H19NO4/c1-11(16(19)20)10-17(2)15(18)6-4-12-3-5-14-13(9-12)7-8-21-14/h3-6,9,11H,7-8,10H2,1-2H3,(H,19,20)/b6-4+. The molecule has 1 aromatic carbocycles. The lowest BCUT2D eigenvalue weighted by Crippen LogP contribution is -2.32. The molecule has 2 rings (SSSR count). The zero-order valence-corrected chi connectivity index (χ0v) is 12.2. The largest absolute Gasteiger partial charge is 0.493 e. The minimum Gasteiger partial charge on any atom is -0.493 e. The number of rotatable bonds is 5. The first-order valence-corrected chi connectivity index (χ1v) is 6.89. The van der Waals surface area contributed by atoms with Gasteiger partial charge in [0.25, 0.3) is 0 Å². The minimum absolute atomic E-state index is 0.191. The normalized spacial score (nSPS) is 14.6. The summed E-state index contributed by atoms with van der Waals surface area (Å²) in [6.45, 7) is 2.48. The van der Waals surface area contributed by atoms with Crippen LogP contribution in [0, 0.1) is 5.92 Å². The van der Waals surface area contributed by atoms with Crippen molar-refractivity contribution in [2.75, 3.05) is 20.2 Å². The van der Waals surface area contributed by atoms with Crippen LogP contribution in [0.3, 0.4) is 0 Å². The van der Waals surface area contributed by atoms with Crippen molar-refractivity contribution in [1.82, 2.24) is 4.90 Å². The number of amides is 1. The third-order valence-corrected chi connectivity index (χ3v) is 3.48. The van der Waals surface area contributed by atoms with Gasteiger partial charge in [0, 0.05) is 26.1 Å². The fourth-order valence-corrected chi connectivity index (χ4v) is 2.18. The molecule has 5 heteroatoms. The predicted octanol–water partition coefficient (Wildman–Crippen LogP) is 1.81. The van der Waals surface area contributed by atoms with Crippen LogP contribution in [-0.4, -0.2) is 42.1 Å². The van der Waals surface area contributed by atoms with Crippen molar-refractivity contribution in [3.05, 3.63) is 35.4 Å². The summed E-state index contributed by atoms with van der Waals surface area (Å²) in [5.74, 6) is -0.785. The van der Waals surface area contributed by atoms with Crippen molar-refractivity contribution in [2.24, 2.45) is 5.92 Å². The number of carbonyl (C=O) groups is 2. The Kier molecular flexibility index (Phi) is 4.62. The van der Waals surface area contributed by atoms with Gasteiger partial charge in [0.2, 0.25) is 5.91 Å². The SMILES string of the molecule is CC(CN(C)C(=O)/C=C/c1ccc2c(c1)CCO2)C(=O)O. The Morgan fingerprint density at radius 1 is 1.48 bits per heavy atom. The maximum Gasteiger partial charge on any atom is 0.308 e. The van der Waals surface area contributed by atoms with Crippen molar-refractivity contribution < 1.29 is 19.4 Å². The first-order chi connectivity index (χ1) is 9.97. The smallest absolute Gasteiger partial charge is 0.308 e. The van der Waals surface area contributed by atoms with E-state index >= 15 is 0 Å². The van der Waals surface area contributed by atoms with E-state index in [2.05, 4.69) is 0 Å². The highest BCUT2D eigenvalue weighted by molar-refractivity contribution is 5.91. The van der Waals surface area contributed by atoms with E-state index in [-0.39, 0.29) is 12.5 Å². The molecule has 1 amide bonds. The first-order valence-electron chi connectivity index (χ1n) is 6.89. The van der Waals surface area contributed by atoms with Crippen LogP contribution in [0.25, 0.3) is 6.08 Å². The highest BCUT2D eigenvalue weighted by Crippen LogP contribution is 2.26. The van der Waals surface area contributed by atoms with Gasteiger partial charge < -0.3 is 14.7 Å². The Morgan fingerprint density at radius 2 is 2.24 bits per heavy atom. The molecule has 5 nitrogen and oxygen atoms in total. The monoisotopic (exact) mass is 289 g/mol. The van der Waals surface area contributed by atoms with Crippen molar-refractivity contribution >= 4 is 18.0 Å². The molecule has 0 saturated heterocycles. The van der Waals surface area contributed by atoms with Crippen molar-refractivity contribution in [2.45, 2.75) is 13.3 Å². The Morgan fingerprint density at radius 3 is 2.95 bits per heavy atom. The van der Waals surface area contributed by atoms with E-state index in [4.69, 9.17) is 9.84 Å². The number of likely N-dealkylation sites (N-methyl/N-ethyl adjacent to an activating group) is 1. The van der Waals surface area contributed by atoms with E-state index in [1.807, 2.05) is 18.2 Å². The molecular formula is C16H19NO4. The summed E-state index contributed by atoms with van der Waals surface area (Å²) in [4.78, 5) is 24.1. The molecule has 0 radical (unpaired) electrons. The molecule has 1 aliphatic rings. The van der Waals surface area contributed by atoms with Crippen LogP contribution in [-0.2, 0) is 16.0 Å². The highest BCUT2D eigenvalue weighted by atomic mass is 16.5. The van der Waals surface area contributed by atoms with Gasteiger partial charge in [-0.1, -0.05) is 13.0 Å². The van der Waals surface area contributed by atoms with Gasteiger partial charge in [-0.25, -0.2) is 0 Å². The molecule has 0 aliphatic carbocycles. The number of fused-ring (bicyclic) bond motifs is 1. The highest BCUT2D eigenvalue weighted by Gasteiger charge is 2.16. The zero-order valence-electron chi connectivity index (χ0n) is 12.2. The van der Waals surface area contributed by atoms with Gasteiger partial charge in [-0.2, -0.15) is 0 Å². The molecule has 0 aromatic heterocycles. The second-order valence-corrected chi connectivity index (χ2v) is 5.26. The average molecular weight is 289 g/mol. The molecule has 0 bridgehead atoms. The van der Waals surface area contributed by atoms with Gasteiger partial charge >= 0.3 is 5.97 Å². The summed E-state index contributed by atoms with van der Waals surface area (Å²) in [5.41, 5.74) is 2.09. The molecule has 1 N–H and O–H groups in total. The Balaban J connectivity index is 1.97. The van der Waals surface area contributed by atoms with Crippen molar-refractivity contribution in [1.29, 1.82) is 0 Å². The molecule has 21 heavy (non-hydrogen) atoms. The van der Waals surface area contributed by atoms with Gasteiger partial charge in [-0.3, -0.25) is 9.59 Å².